The van der Waals surface area contributed by atoms with Crippen molar-refractivity contribution in [1.82, 2.24) is 24.6 Å². The lowest BCUT2D eigenvalue weighted by Crippen LogP contribution is -2.45. The van der Waals surface area contributed by atoms with Crippen molar-refractivity contribution in [2.75, 3.05) is 20.1 Å². The van der Waals surface area contributed by atoms with Gasteiger partial charge in [-0.3, -0.25) is 9.69 Å². The zero-order chi connectivity index (χ0) is 16.7. The molecule has 7 heteroatoms. The smallest absolute Gasteiger partial charge is 0.227 e. The molecule has 2 aliphatic heterocycles. The topological polar surface area (TPSA) is 54.3 Å². The van der Waals surface area contributed by atoms with Gasteiger partial charge in [0.2, 0.25) is 5.91 Å². The van der Waals surface area contributed by atoms with Gasteiger partial charge in [0.15, 0.2) is 0 Å². The molecule has 1 amide bonds. The molecule has 2 aromatic rings. The van der Waals surface area contributed by atoms with Crippen molar-refractivity contribution in [3.63, 3.8) is 0 Å². The van der Waals surface area contributed by atoms with E-state index in [0.29, 0.717) is 11.1 Å². The van der Waals surface area contributed by atoms with E-state index in [0.717, 1.165) is 43.7 Å². The first-order valence-corrected chi connectivity index (χ1v) is 8.64. The van der Waals surface area contributed by atoms with Crippen LogP contribution in [-0.4, -0.2) is 56.7 Å². The standard InChI is InChI=1S/C17H20ClN5O/c1-21-9-16-14(17(21)24)3-2-6-22(16)8-12-4-5-13(18)7-15(12)23-11-19-10-20-23/h4-5,7,10-11,14,16H,2-3,6,8-9H2,1H3/t14-,16-/m1/s1. The van der Waals surface area contributed by atoms with Crippen molar-refractivity contribution in [3.05, 3.63) is 41.4 Å². The van der Waals surface area contributed by atoms with Gasteiger partial charge in [-0.05, 0) is 37.1 Å². The van der Waals surface area contributed by atoms with E-state index in [2.05, 4.69) is 15.0 Å². The van der Waals surface area contributed by atoms with Gasteiger partial charge in [0.25, 0.3) is 0 Å². The molecule has 3 heterocycles. The van der Waals surface area contributed by atoms with Crippen LogP contribution in [0.4, 0.5) is 0 Å². The second-order valence-electron chi connectivity index (χ2n) is 6.62. The summed E-state index contributed by atoms with van der Waals surface area (Å²) in [7, 11) is 1.90. The van der Waals surface area contributed by atoms with Gasteiger partial charge in [-0.15, -0.1) is 0 Å². The summed E-state index contributed by atoms with van der Waals surface area (Å²) in [5, 5.41) is 4.92. The summed E-state index contributed by atoms with van der Waals surface area (Å²) < 4.78 is 1.74. The third-order valence-corrected chi connectivity index (χ3v) is 5.37. The summed E-state index contributed by atoms with van der Waals surface area (Å²) in [5.74, 6) is 0.433. The molecule has 2 saturated heterocycles. The fraction of sp³-hybridized carbons (Fsp3) is 0.471. The van der Waals surface area contributed by atoms with Crippen LogP contribution in [-0.2, 0) is 11.3 Å². The largest absolute Gasteiger partial charge is 0.344 e. The number of aromatic nitrogens is 3. The first-order chi connectivity index (χ1) is 11.6. The van der Waals surface area contributed by atoms with Crippen molar-refractivity contribution in [2.45, 2.75) is 25.4 Å². The fourth-order valence-corrected chi connectivity index (χ4v) is 4.11. The maximum absolute atomic E-state index is 12.3. The Morgan fingerprint density at radius 3 is 3.04 bits per heavy atom. The number of benzene rings is 1. The van der Waals surface area contributed by atoms with Gasteiger partial charge in [-0.25, -0.2) is 9.67 Å². The van der Waals surface area contributed by atoms with Gasteiger partial charge in [0.1, 0.15) is 12.7 Å². The van der Waals surface area contributed by atoms with Crippen molar-refractivity contribution in [1.29, 1.82) is 0 Å². The van der Waals surface area contributed by atoms with E-state index < -0.39 is 0 Å². The number of likely N-dealkylation sites (tertiary alicyclic amines) is 2. The molecule has 0 bridgehead atoms. The summed E-state index contributed by atoms with van der Waals surface area (Å²) in [6.45, 7) is 2.62. The third-order valence-electron chi connectivity index (χ3n) is 5.13. The van der Waals surface area contributed by atoms with Crippen LogP contribution in [0.3, 0.4) is 0 Å². The molecule has 0 radical (unpaired) electrons. The number of hydrogen-bond donors (Lipinski definition) is 0. The minimum atomic E-state index is 0.144. The molecule has 0 saturated carbocycles. The lowest BCUT2D eigenvalue weighted by atomic mass is 9.91. The number of nitrogens with zero attached hydrogens (tertiary/aromatic N) is 5. The SMILES string of the molecule is CN1C[C@@H]2[C@@H](CCCN2Cc2ccc(Cl)cc2-n2cncn2)C1=O. The number of fused-ring (bicyclic) bond motifs is 1. The van der Waals surface area contributed by atoms with E-state index in [4.69, 9.17) is 11.6 Å². The molecule has 0 aliphatic carbocycles. The van der Waals surface area contributed by atoms with E-state index in [1.54, 1.807) is 11.0 Å². The lowest BCUT2D eigenvalue weighted by molar-refractivity contribution is -0.130. The molecule has 2 aliphatic rings. The molecule has 126 valence electrons. The van der Waals surface area contributed by atoms with E-state index in [1.165, 1.54) is 6.33 Å². The van der Waals surface area contributed by atoms with Crippen LogP contribution in [0, 0.1) is 5.92 Å². The average Bonchev–Trinajstić information content (AvgIpc) is 3.20. The minimum absolute atomic E-state index is 0.144. The van der Waals surface area contributed by atoms with Gasteiger partial charge in [0.05, 0.1) is 11.6 Å². The number of likely N-dealkylation sites (N-methyl/N-ethyl adjacent to an activating group) is 1. The molecule has 2 fully saturated rings. The van der Waals surface area contributed by atoms with Crippen molar-refractivity contribution >= 4 is 17.5 Å². The van der Waals surface area contributed by atoms with Gasteiger partial charge in [-0.1, -0.05) is 17.7 Å². The zero-order valence-electron chi connectivity index (χ0n) is 13.6. The number of halogens is 1. The van der Waals surface area contributed by atoms with Gasteiger partial charge >= 0.3 is 0 Å². The average molecular weight is 346 g/mol. The van der Waals surface area contributed by atoms with Gasteiger partial charge in [0, 0.05) is 31.2 Å². The summed E-state index contributed by atoms with van der Waals surface area (Å²) in [4.78, 5) is 20.6. The first kappa shape index (κ1) is 15.6. The third kappa shape index (κ3) is 2.70. The number of carbonyl (C=O) groups excluding carboxylic acids is 1. The van der Waals surface area contributed by atoms with E-state index in [1.807, 2.05) is 30.1 Å². The van der Waals surface area contributed by atoms with Crippen LogP contribution in [0.5, 0.6) is 0 Å². The molecule has 1 aromatic heterocycles. The molecule has 0 unspecified atom stereocenters. The van der Waals surface area contributed by atoms with Crippen LogP contribution < -0.4 is 0 Å². The van der Waals surface area contributed by atoms with Crippen molar-refractivity contribution in [3.8, 4) is 5.69 Å². The Labute approximate surface area is 146 Å². The highest BCUT2D eigenvalue weighted by atomic mass is 35.5. The second kappa shape index (κ2) is 6.18. The Hall–Kier alpha value is -1.92. The van der Waals surface area contributed by atoms with Gasteiger partial charge in [-0.2, -0.15) is 5.10 Å². The van der Waals surface area contributed by atoms with Crippen LogP contribution in [0.1, 0.15) is 18.4 Å². The number of amides is 1. The Kier molecular flexibility index (Phi) is 4.02. The Morgan fingerprint density at radius 2 is 2.25 bits per heavy atom. The molecular weight excluding hydrogens is 326 g/mol. The van der Waals surface area contributed by atoms with E-state index in [-0.39, 0.29) is 11.8 Å². The predicted molar refractivity (Wildman–Crippen MR) is 90.9 cm³/mol. The normalized spacial score (nSPS) is 24.4. The van der Waals surface area contributed by atoms with E-state index >= 15 is 0 Å². The van der Waals surface area contributed by atoms with Crippen LogP contribution in [0.15, 0.2) is 30.9 Å². The van der Waals surface area contributed by atoms with Crippen molar-refractivity contribution < 1.29 is 4.79 Å². The summed E-state index contributed by atoms with van der Waals surface area (Å²) in [6.07, 6.45) is 5.27. The molecule has 1 aromatic carbocycles. The lowest BCUT2D eigenvalue weighted by Gasteiger charge is -2.36. The highest BCUT2D eigenvalue weighted by molar-refractivity contribution is 6.30. The molecule has 6 nitrogen and oxygen atoms in total. The predicted octanol–water partition coefficient (Wildman–Crippen LogP) is 1.97. The van der Waals surface area contributed by atoms with E-state index in [9.17, 15) is 4.79 Å². The van der Waals surface area contributed by atoms with Gasteiger partial charge < -0.3 is 4.90 Å². The maximum atomic E-state index is 12.3. The first-order valence-electron chi connectivity index (χ1n) is 8.26. The second-order valence-corrected chi connectivity index (χ2v) is 7.05. The van der Waals surface area contributed by atoms with Crippen molar-refractivity contribution in [2.24, 2.45) is 5.92 Å². The Balaban J connectivity index is 1.63. The number of rotatable bonds is 3. The highest BCUT2D eigenvalue weighted by Crippen LogP contribution is 2.33. The highest BCUT2D eigenvalue weighted by Gasteiger charge is 2.43. The summed E-state index contributed by atoms with van der Waals surface area (Å²) in [6, 6.07) is 6.17. The summed E-state index contributed by atoms with van der Waals surface area (Å²) in [5.41, 5.74) is 2.09. The zero-order valence-corrected chi connectivity index (χ0v) is 14.4. The Morgan fingerprint density at radius 1 is 1.38 bits per heavy atom. The van der Waals surface area contributed by atoms with Crippen LogP contribution >= 0.6 is 11.6 Å². The van der Waals surface area contributed by atoms with Crippen LogP contribution in [0.25, 0.3) is 5.69 Å². The Bertz CT molecular complexity index is 747. The van der Waals surface area contributed by atoms with Crippen LogP contribution in [0.2, 0.25) is 5.02 Å². The number of carbonyl (C=O) groups is 1. The fourth-order valence-electron chi connectivity index (χ4n) is 3.94. The molecule has 24 heavy (non-hydrogen) atoms. The molecular formula is C17H20ClN5O. The monoisotopic (exact) mass is 345 g/mol. The minimum Gasteiger partial charge on any atom is -0.344 e. The quantitative estimate of drug-likeness (QED) is 0.853. The number of hydrogen-bond acceptors (Lipinski definition) is 4. The molecule has 4 rings (SSSR count). The maximum Gasteiger partial charge on any atom is 0.227 e. The molecule has 2 atom stereocenters. The number of piperidine rings is 1. The molecule has 0 spiro atoms. The summed E-state index contributed by atoms with van der Waals surface area (Å²) >= 11 is 6.18. The molecule has 0 N–H and O–H groups in total.